The number of aliphatic hydroxyl groups excluding tert-OH is 1. The lowest BCUT2D eigenvalue weighted by atomic mass is 9.81. The molecule has 214 valence electrons. The van der Waals surface area contributed by atoms with E-state index in [1.807, 2.05) is 6.92 Å². The van der Waals surface area contributed by atoms with Crippen LogP contribution >= 0.6 is 0 Å². The number of aliphatic hydroxyl groups is 1. The van der Waals surface area contributed by atoms with Gasteiger partial charge in [0, 0.05) is 6.54 Å². The Hall–Kier alpha value is -3.16. The summed E-state index contributed by atoms with van der Waals surface area (Å²) in [6, 6.07) is 1.01. The average Bonchev–Trinajstić information content (AvgIpc) is 3.26. The summed E-state index contributed by atoms with van der Waals surface area (Å²) < 4.78 is 87.3. The van der Waals surface area contributed by atoms with E-state index in [4.69, 9.17) is 4.74 Å². The largest absolute Gasteiger partial charge is 0.416 e. The van der Waals surface area contributed by atoms with Crippen molar-refractivity contribution in [3.8, 4) is 0 Å². The van der Waals surface area contributed by atoms with Gasteiger partial charge in [0.05, 0.1) is 35.4 Å². The van der Waals surface area contributed by atoms with E-state index in [2.05, 4.69) is 22.1 Å². The molecule has 7 nitrogen and oxygen atoms in total. The van der Waals surface area contributed by atoms with Gasteiger partial charge in [0.2, 0.25) is 0 Å². The van der Waals surface area contributed by atoms with Crippen molar-refractivity contribution in [2.45, 2.75) is 63.3 Å². The second kappa shape index (κ2) is 11.9. The van der Waals surface area contributed by atoms with Crippen molar-refractivity contribution in [2.75, 3.05) is 13.2 Å². The average molecular weight is 561 g/mol. The first kappa shape index (κ1) is 30.4. The Bertz CT molecular complexity index is 1240. The highest BCUT2D eigenvalue weighted by Gasteiger charge is 2.40. The molecule has 0 bridgehead atoms. The fraction of sp³-hybridized carbons (Fsp3) is 0.462. The minimum atomic E-state index is -4.97. The minimum absolute atomic E-state index is 0.0763. The number of aromatic amines is 1. The van der Waals surface area contributed by atoms with Crippen molar-refractivity contribution in [3.05, 3.63) is 87.7 Å². The van der Waals surface area contributed by atoms with Crippen LogP contribution in [0.3, 0.4) is 0 Å². The van der Waals surface area contributed by atoms with Crippen LogP contribution in [0.25, 0.3) is 0 Å². The molecule has 0 radical (unpaired) electrons. The van der Waals surface area contributed by atoms with Gasteiger partial charge in [-0.25, -0.2) is 9.89 Å². The molecule has 3 atom stereocenters. The van der Waals surface area contributed by atoms with Crippen molar-refractivity contribution in [3.63, 3.8) is 0 Å². The number of hydrogen-bond donors (Lipinski definition) is 3. The normalized spacial score (nSPS) is 21.6. The van der Waals surface area contributed by atoms with Crippen LogP contribution in [0.5, 0.6) is 0 Å². The number of benzene rings is 1. The summed E-state index contributed by atoms with van der Waals surface area (Å²) in [6.45, 7) is 6.99. The molecule has 1 aliphatic rings. The Labute approximate surface area is 220 Å². The standard InChI is InChI=1S/C26H30F6N4O3/c1-4-5-6-7-16(2)24(9-8-21(13-33-24)36-22(14-37)34-35-23(36)38)15-39-17(3)18-10-19(25(27,28)29)12-20(11-18)26(30,31)32/h4-7,10-12,17,21,33,37H,2,8-9,13-15H2,1,3H3,(H,35,38)/b5-4-,7-6-/t17-,21+,24-/m1/s1. The van der Waals surface area contributed by atoms with E-state index in [0.717, 1.165) is 0 Å². The highest BCUT2D eigenvalue weighted by molar-refractivity contribution is 5.35. The van der Waals surface area contributed by atoms with Gasteiger partial charge in [-0.3, -0.25) is 4.57 Å². The molecular formula is C26H30F6N4O3. The van der Waals surface area contributed by atoms with Gasteiger partial charge < -0.3 is 15.2 Å². The molecule has 1 fully saturated rings. The predicted molar refractivity (Wildman–Crippen MR) is 132 cm³/mol. The van der Waals surface area contributed by atoms with Crippen LogP contribution in [-0.2, 0) is 23.7 Å². The number of hydrogen-bond acceptors (Lipinski definition) is 5. The van der Waals surface area contributed by atoms with Crippen molar-refractivity contribution in [1.82, 2.24) is 20.1 Å². The number of alkyl halides is 6. The van der Waals surface area contributed by atoms with Gasteiger partial charge in [-0.15, -0.1) is 0 Å². The molecule has 0 spiro atoms. The maximum Gasteiger partial charge on any atom is 0.416 e. The van der Waals surface area contributed by atoms with Crippen LogP contribution in [0, 0.1) is 0 Å². The summed E-state index contributed by atoms with van der Waals surface area (Å²) in [4.78, 5) is 12.2. The molecule has 1 aromatic heterocycles. The Balaban J connectivity index is 1.87. The van der Waals surface area contributed by atoms with Crippen LogP contribution in [0.15, 0.2) is 59.4 Å². The van der Waals surface area contributed by atoms with Gasteiger partial charge in [-0.2, -0.15) is 31.4 Å². The summed E-state index contributed by atoms with van der Waals surface area (Å²) in [5.74, 6) is 0.168. The molecule has 39 heavy (non-hydrogen) atoms. The van der Waals surface area contributed by atoms with Gasteiger partial charge in [0.25, 0.3) is 0 Å². The number of aromatic nitrogens is 3. The van der Waals surface area contributed by atoms with Crippen LogP contribution in [-0.4, -0.2) is 38.6 Å². The van der Waals surface area contributed by atoms with E-state index < -0.39 is 47.4 Å². The first-order chi connectivity index (χ1) is 18.2. The van der Waals surface area contributed by atoms with Crippen molar-refractivity contribution >= 4 is 0 Å². The summed E-state index contributed by atoms with van der Waals surface area (Å²) in [5, 5.41) is 18.9. The number of rotatable bonds is 9. The number of halogens is 6. The monoisotopic (exact) mass is 560 g/mol. The summed E-state index contributed by atoms with van der Waals surface area (Å²) >= 11 is 0. The minimum Gasteiger partial charge on any atom is -0.388 e. The Morgan fingerprint density at radius 2 is 1.87 bits per heavy atom. The zero-order chi connectivity index (χ0) is 29.0. The fourth-order valence-electron chi connectivity index (χ4n) is 4.47. The zero-order valence-electron chi connectivity index (χ0n) is 21.4. The fourth-order valence-corrected chi connectivity index (χ4v) is 4.47. The van der Waals surface area contributed by atoms with E-state index >= 15 is 0 Å². The topological polar surface area (TPSA) is 92.2 Å². The molecule has 3 N–H and O–H groups in total. The van der Waals surface area contributed by atoms with Crippen LogP contribution in [0.1, 0.15) is 61.3 Å². The quantitative estimate of drug-likeness (QED) is 0.289. The molecule has 2 heterocycles. The Morgan fingerprint density at radius 1 is 1.23 bits per heavy atom. The number of allylic oxidation sites excluding steroid dienone is 3. The van der Waals surface area contributed by atoms with Gasteiger partial charge >= 0.3 is 18.0 Å². The maximum atomic E-state index is 13.3. The first-order valence-electron chi connectivity index (χ1n) is 12.1. The molecule has 0 aliphatic carbocycles. The molecule has 3 rings (SSSR count). The highest BCUT2D eigenvalue weighted by atomic mass is 19.4. The second-order valence-electron chi connectivity index (χ2n) is 9.33. The van der Waals surface area contributed by atoms with E-state index in [1.54, 1.807) is 24.3 Å². The number of piperidine rings is 1. The third-order valence-electron chi connectivity index (χ3n) is 6.74. The third-order valence-corrected chi connectivity index (χ3v) is 6.74. The predicted octanol–water partition coefficient (Wildman–Crippen LogP) is 5.23. The number of H-pyrrole nitrogens is 1. The molecule has 0 saturated carbocycles. The molecule has 0 unspecified atom stereocenters. The number of ether oxygens (including phenoxy) is 1. The van der Waals surface area contributed by atoms with Gasteiger partial charge in [-0.05, 0) is 56.0 Å². The van der Waals surface area contributed by atoms with Gasteiger partial charge in [0.1, 0.15) is 6.61 Å². The molecule has 0 amide bonds. The lowest BCUT2D eigenvalue weighted by Crippen LogP contribution is -2.56. The summed E-state index contributed by atoms with van der Waals surface area (Å²) in [6.07, 6.45) is -3.22. The smallest absolute Gasteiger partial charge is 0.388 e. The van der Waals surface area contributed by atoms with Crippen LogP contribution in [0.2, 0.25) is 0 Å². The van der Waals surface area contributed by atoms with E-state index in [0.29, 0.717) is 30.5 Å². The number of nitrogens with one attached hydrogen (secondary N) is 2. The summed E-state index contributed by atoms with van der Waals surface area (Å²) in [5.41, 5.74) is -3.94. The molecule has 13 heteroatoms. The van der Waals surface area contributed by atoms with Crippen molar-refractivity contribution in [1.29, 1.82) is 0 Å². The molecule has 2 aromatic rings. The lowest BCUT2D eigenvalue weighted by molar-refractivity contribution is -0.143. The van der Waals surface area contributed by atoms with Crippen LogP contribution < -0.4 is 11.0 Å². The van der Waals surface area contributed by atoms with Crippen molar-refractivity contribution in [2.24, 2.45) is 0 Å². The lowest BCUT2D eigenvalue weighted by Gasteiger charge is -2.42. The first-order valence-corrected chi connectivity index (χ1v) is 12.1. The maximum absolute atomic E-state index is 13.3. The van der Waals surface area contributed by atoms with Crippen molar-refractivity contribution < 1.29 is 36.2 Å². The highest BCUT2D eigenvalue weighted by Crippen LogP contribution is 2.39. The van der Waals surface area contributed by atoms with E-state index in [9.17, 15) is 36.2 Å². The van der Waals surface area contributed by atoms with Gasteiger partial charge in [-0.1, -0.05) is 30.9 Å². The Kier molecular flexibility index (Phi) is 9.29. The van der Waals surface area contributed by atoms with E-state index in [1.165, 1.54) is 11.5 Å². The van der Waals surface area contributed by atoms with E-state index in [-0.39, 0.29) is 36.6 Å². The summed E-state index contributed by atoms with van der Waals surface area (Å²) in [7, 11) is 0. The molecule has 1 aliphatic heterocycles. The van der Waals surface area contributed by atoms with Crippen LogP contribution in [0.4, 0.5) is 26.3 Å². The SMILES string of the molecule is C=C(/C=C\C=C/C)[C@]1(CO[C@H](C)c2cc(C(F)(F)F)cc(C(F)(F)F)c2)CC[C@H](n2c(CO)n[nH]c2=O)CN1. The third kappa shape index (κ3) is 7.08. The number of nitrogens with zero attached hydrogens (tertiary/aromatic N) is 2. The second-order valence-corrected chi connectivity index (χ2v) is 9.33. The molecular weight excluding hydrogens is 530 g/mol. The Morgan fingerprint density at radius 3 is 2.38 bits per heavy atom. The molecule has 1 aromatic carbocycles. The molecule has 1 saturated heterocycles. The van der Waals surface area contributed by atoms with Gasteiger partial charge in [0.15, 0.2) is 5.82 Å². The zero-order valence-corrected chi connectivity index (χ0v) is 21.4.